The molecule has 0 radical (unpaired) electrons. The largest absolute Gasteiger partial charge is 0.490 e. The van der Waals surface area contributed by atoms with Crippen molar-refractivity contribution < 1.29 is 23.8 Å². The fourth-order valence-corrected chi connectivity index (χ4v) is 3.83. The fraction of sp³-hybridized carbons (Fsp3) is 0.227. The summed E-state index contributed by atoms with van der Waals surface area (Å²) in [4.78, 5) is 28.8. The van der Waals surface area contributed by atoms with Gasteiger partial charge in [0.05, 0.1) is 33.9 Å². The number of halogens is 2. The molecule has 3 rings (SSSR count). The molecule has 1 aliphatic rings. The van der Waals surface area contributed by atoms with Gasteiger partial charge in [-0.1, -0.05) is 35.3 Å². The monoisotopic (exact) mass is 494 g/mol. The number of hydrogen-bond donors (Lipinski definition) is 1. The average molecular weight is 495 g/mol. The van der Waals surface area contributed by atoms with E-state index in [-0.39, 0.29) is 19.1 Å². The molecule has 1 aliphatic heterocycles. The summed E-state index contributed by atoms with van der Waals surface area (Å²) in [5.74, 6) is 0.108. The quantitative estimate of drug-likeness (QED) is 0.399. The SMILES string of the molecule is CCOC(=O)COc1ccc(C=C2SC(=Nc3cccc(Cl)c3Cl)NC2=O)cc1OCC. The summed E-state index contributed by atoms with van der Waals surface area (Å²) in [5, 5.41) is 3.80. The van der Waals surface area contributed by atoms with E-state index in [1.807, 2.05) is 6.92 Å². The molecule has 2 aromatic rings. The molecule has 0 bridgehead atoms. The van der Waals surface area contributed by atoms with Crippen LogP contribution in [0.1, 0.15) is 19.4 Å². The second kappa shape index (κ2) is 11.3. The van der Waals surface area contributed by atoms with Crippen molar-refractivity contribution in [1.82, 2.24) is 5.32 Å². The molecule has 1 fully saturated rings. The van der Waals surface area contributed by atoms with E-state index in [0.717, 1.165) is 5.56 Å². The Morgan fingerprint density at radius 2 is 1.94 bits per heavy atom. The summed E-state index contributed by atoms with van der Waals surface area (Å²) >= 11 is 13.4. The highest BCUT2D eigenvalue weighted by Gasteiger charge is 2.24. The van der Waals surface area contributed by atoms with Crippen molar-refractivity contribution in [3.63, 3.8) is 0 Å². The zero-order valence-corrected chi connectivity index (χ0v) is 19.6. The first kappa shape index (κ1) is 24.0. The summed E-state index contributed by atoms with van der Waals surface area (Å²) in [6, 6.07) is 10.3. The molecular weight excluding hydrogens is 475 g/mol. The minimum Gasteiger partial charge on any atom is -0.490 e. The van der Waals surface area contributed by atoms with Gasteiger partial charge in [-0.2, -0.15) is 0 Å². The molecule has 0 spiro atoms. The van der Waals surface area contributed by atoms with Crippen LogP contribution in [0.15, 0.2) is 46.3 Å². The number of hydrogen-bond acceptors (Lipinski definition) is 7. The Morgan fingerprint density at radius 1 is 1.12 bits per heavy atom. The van der Waals surface area contributed by atoms with Gasteiger partial charge in [-0.25, -0.2) is 9.79 Å². The zero-order chi connectivity index (χ0) is 23.1. The molecule has 7 nitrogen and oxygen atoms in total. The van der Waals surface area contributed by atoms with E-state index in [9.17, 15) is 9.59 Å². The highest BCUT2D eigenvalue weighted by Crippen LogP contribution is 2.35. The third kappa shape index (κ3) is 6.18. The minimum atomic E-state index is -0.466. The molecule has 0 unspecified atom stereocenters. The van der Waals surface area contributed by atoms with Crippen molar-refractivity contribution in [1.29, 1.82) is 0 Å². The highest BCUT2D eigenvalue weighted by atomic mass is 35.5. The Hall–Kier alpha value is -2.68. The number of aliphatic imine (C=N–C) groups is 1. The van der Waals surface area contributed by atoms with Crippen LogP contribution in [0.2, 0.25) is 10.0 Å². The zero-order valence-electron chi connectivity index (χ0n) is 17.3. The van der Waals surface area contributed by atoms with Crippen LogP contribution in [0, 0.1) is 0 Å². The van der Waals surface area contributed by atoms with Crippen LogP contribution in [0.25, 0.3) is 6.08 Å². The number of nitrogens with one attached hydrogen (secondary N) is 1. The molecular formula is C22H20Cl2N2O5S. The van der Waals surface area contributed by atoms with E-state index < -0.39 is 5.97 Å². The summed E-state index contributed by atoms with van der Waals surface area (Å²) < 4.78 is 16.0. The first-order valence-electron chi connectivity index (χ1n) is 9.70. The standard InChI is InChI=1S/C22H20Cl2N2O5S/c1-3-29-17-10-13(8-9-16(17)31-12-19(27)30-4-2)11-18-21(28)26-22(32-18)25-15-7-5-6-14(23)20(15)24/h5-11H,3-4,12H2,1-2H3,(H,25,26,28). The van der Waals surface area contributed by atoms with E-state index in [2.05, 4.69) is 10.3 Å². The van der Waals surface area contributed by atoms with Crippen LogP contribution in [-0.2, 0) is 14.3 Å². The topological polar surface area (TPSA) is 86.2 Å². The van der Waals surface area contributed by atoms with Gasteiger partial charge in [-0.05, 0) is 61.5 Å². The summed E-state index contributed by atoms with van der Waals surface area (Å²) in [6.45, 7) is 4.02. The van der Waals surface area contributed by atoms with Gasteiger partial charge in [0.1, 0.15) is 0 Å². The van der Waals surface area contributed by atoms with Crippen molar-refractivity contribution in [3.05, 3.63) is 56.9 Å². The Balaban J connectivity index is 1.79. The molecule has 0 saturated carbocycles. The molecule has 168 valence electrons. The Labute approximate surface area is 199 Å². The van der Waals surface area contributed by atoms with Gasteiger partial charge in [0, 0.05) is 0 Å². The van der Waals surface area contributed by atoms with E-state index in [1.54, 1.807) is 49.4 Å². The number of nitrogens with zero attached hydrogens (tertiary/aromatic N) is 1. The van der Waals surface area contributed by atoms with Crippen molar-refractivity contribution in [2.24, 2.45) is 4.99 Å². The van der Waals surface area contributed by atoms with Crippen LogP contribution < -0.4 is 14.8 Å². The molecule has 10 heteroatoms. The number of carbonyl (C=O) groups is 2. The van der Waals surface area contributed by atoms with Crippen molar-refractivity contribution >= 4 is 63.8 Å². The summed E-state index contributed by atoms with van der Waals surface area (Å²) in [6.07, 6.45) is 1.71. The summed E-state index contributed by atoms with van der Waals surface area (Å²) in [5.41, 5.74) is 1.18. The van der Waals surface area contributed by atoms with E-state index >= 15 is 0 Å². The van der Waals surface area contributed by atoms with Crippen LogP contribution in [0.5, 0.6) is 11.5 Å². The summed E-state index contributed by atoms with van der Waals surface area (Å²) in [7, 11) is 0. The maximum Gasteiger partial charge on any atom is 0.344 e. The number of rotatable bonds is 8. The molecule has 32 heavy (non-hydrogen) atoms. The van der Waals surface area contributed by atoms with Crippen molar-refractivity contribution in [3.8, 4) is 11.5 Å². The number of benzene rings is 2. The van der Waals surface area contributed by atoms with Crippen LogP contribution in [0.3, 0.4) is 0 Å². The van der Waals surface area contributed by atoms with Crippen molar-refractivity contribution in [2.45, 2.75) is 13.8 Å². The average Bonchev–Trinajstić information content (AvgIpc) is 3.10. The molecule has 1 saturated heterocycles. The smallest absolute Gasteiger partial charge is 0.344 e. The third-order valence-corrected chi connectivity index (χ3v) is 5.74. The Kier molecular flexibility index (Phi) is 8.44. The van der Waals surface area contributed by atoms with E-state index in [1.165, 1.54) is 11.8 Å². The highest BCUT2D eigenvalue weighted by molar-refractivity contribution is 8.18. The van der Waals surface area contributed by atoms with E-state index in [0.29, 0.717) is 43.9 Å². The molecule has 0 aliphatic carbocycles. The Morgan fingerprint density at radius 3 is 2.69 bits per heavy atom. The fourth-order valence-electron chi connectivity index (χ4n) is 2.66. The second-order valence-electron chi connectivity index (χ2n) is 6.29. The molecule has 0 atom stereocenters. The predicted octanol–water partition coefficient (Wildman–Crippen LogP) is 5.23. The number of amidine groups is 1. The minimum absolute atomic E-state index is 0.224. The van der Waals surface area contributed by atoms with Gasteiger partial charge in [0.2, 0.25) is 0 Å². The normalized spacial score (nSPS) is 15.7. The van der Waals surface area contributed by atoms with Gasteiger partial charge in [-0.3, -0.25) is 4.79 Å². The van der Waals surface area contributed by atoms with Crippen LogP contribution >= 0.6 is 35.0 Å². The number of ether oxygens (including phenoxy) is 3. The predicted molar refractivity (Wildman–Crippen MR) is 127 cm³/mol. The van der Waals surface area contributed by atoms with Gasteiger partial charge in [0.15, 0.2) is 23.3 Å². The molecule has 1 amide bonds. The first-order valence-corrected chi connectivity index (χ1v) is 11.3. The van der Waals surface area contributed by atoms with Gasteiger partial charge < -0.3 is 19.5 Å². The van der Waals surface area contributed by atoms with Gasteiger partial charge in [-0.15, -0.1) is 0 Å². The third-order valence-electron chi connectivity index (χ3n) is 4.02. The number of esters is 1. The molecule has 1 heterocycles. The second-order valence-corrected chi connectivity index (χ2v) is 8.10. The van der Waals surface area contributed by atoms with Gasteiger partial charge in [0.25, 0.3) is 5.91 Å². The number of amides is 1. The van der Waals surface area contributed by atoms with Crippen LogP contribution in [0.4, 0.5) is 5.69 Å². The number of thioether (sulfide) groups is 1. The van der Waals surface area contributed by atoms with E-state index in [4.69, 9.17) is 37.4 Å². The molecule has 1 N–H and O–H groups in total. The Bertz CT molecular complexity index is 1090. The van der Waals surface area contributed by atoms with Gasteiger partial charge >= 0.3 is 5.97 Å². The lowest BCUT2D eigenvalue weighted by molar-refractivity contribution is -0.145. The maximum absolute atomic E-state index is 12.4. The first-order chi connectivity index (χ1) is 15.4. The number of carbonyl (C=O) groups excluding carboxylic acids is 2. The lowest BCUT2D eigenvalue weighted by Gasteiger charge is -2.12. The maximum atomic E-state index is 12.4. The molecule has 0 aromatic heterocycles. The lowest BCUT2D eigenvalue weighted by atomic mass is 10.2. The van der Waals surface area contributed by atoms with Crippen LogP contribution in [-0.4, -0.2) is 36.9 Å². The molecule has 2 aromatic carbocycles. The van der Waals surface area contributed by atoms with Crippen molar-refractivity contribution in [2.75, 3.05) is 19.8 Å². The lowest BCUT2D eigenvalue weighted by Crippen LogP contribution is -2.19.